The van der Waals surface area contributed by atoms with Crippen LogP contribution in [-0.4, -0.2) is 78.7 Å². The molecule has 2 atom stereocenters. The summed E-state index contributed by atoms with van der Waals surface area (Å²) < 4.78 is 31.6. The highest BCUT2D eigenvalue weighted by atomic mass is 19.3. The van der Waals surface area contributed by atoms with Gasteiger partial charge < -0.3 is 25.4 Å². The van der Waals surface area contributed by atoms with Crippen LogP contribution in [0.1, 0.15) is 64.1 Å². The van der Waals surface area contributed by atoms with Gasteiger partial charge in [-0.15, -0.1) is 0 Å². The second-order valence-corrected chi connectivity index (χ2v) is 10.4. The minimum atomic E-state index is -2.68. The number of carboxylic acid groups (broad SMARTS) is 1. The fourth-order valence-electron chi connectivity index (χ4n) is 4.19. The number of ether oxygens (including phenoxy) is 1. The number of aryl methyl sites for hydroxylation is 2. The number of alkyl halides is 2. The quantitative estimate of drug-likeness (QED) is 0.290. The minimum absolute atomic E-state index is 0.0388. The highest BCUT2D eigenvalue weighted by Gasteiger charge is 2.33. The molecule has 2 unspecified atom stereocenters. The Hall–Kier alpha value is -2.33. The Bertz CT molecular complexity index is 853. The molecule has 0 bridgehead atoms. The third-order valence-corrected chi connectivity index (χ3v) is 6.60. The van der Waals surface area contributed by atoms with Crippen LogP contribution in [-0.2, 0) is 27.2 Å². The molecule has 8 nitrogen and oxygen atoms in total. The van der Waals surface area contributed by atoms with Gasteiger partial charge in [0, 0.05) is 44.3 Å². The van der Waals surface area contributed by atoms with Crippen LogP contribution in [0.15, 0.2) is 12.1 Å². The van der Waals surface area contributed by atoms with Gasteiger partial charge in [0.2, 0.25) is 12.3 Å². The van der Waals surface area contributed by atoms with E-state index in [2.05, 4.69) is 27.7 Å². The Morgan fingerprint density at radius 1 is 1.28 bits per heavy atom. The van der Waals surface area contributed by atoms with E-state index in [1.165, 1.54) is 19.4 Å². The summed E-state index contributed by atoms with van der Waals surface area (Å²) in [7, 11) is 1.63. The number of hydrogen-bond donors (Lipinski definition) is 3. The van der Waals surface area contributed by atoms with Gasteiger partial charge in [-0.2, -0.15) is 0 Å². The fraction of sp³-hybridized carbons (Fsp3) is 0.731. The van der Waals surface area contributed by atoms with Crippen molar-refractivity contribution in [1.29, 1.82) is 0 Å². The summed E-state index contributed by atoms with van der Waals surface area (Å²) in [5.41, 5.74) is 0.804. The van der Waals surface area contributed by atoms with Crippen molar-refractivity contribution in [2.24, 2.45) is 5.41 Å². The van der Waals surface area contributed by atoms with Crippen molar-refractivity contribution in [3.05, 3.63) is 23.4 Å². The molecule has 0 saturated heterocycles. The molecule has 36 heavy (non-hydrogen) atoms. The molecule has 10 heteroatoms. The van der Waals surface area contributed by atoms with Gasteiger partial charge in [-0.25, -0.2) is 18.6 Å². The lowest BCUT2D eigenvalue weighted by molar-refractivity contribution is -0.142. The highest BCUT2D eigenvalue weighted by Crippen LogP contribution is 2.28. The van der Waals surface area contributed by atoms with Crippen molar-refractivity contribution in [3.63, 3.8) is 0 Å². The number of aliphatic carboxylic acids is 1. The van der Waals surface area contributed by atoms with Crippen molar-refractivity contribution >= 4 is 17.7 Å². The lowest BCUT2D eigenvalue weighted by Crippen LogP contribution is -2.45. The van der Waals surface area contributed by atoms with E-state index < -0.39 is 36.2 Å². The Morgan fingerprint density at radius 2 is 2.03 bits per heavy atom. The van der Waals surface area contributed by atoms with E-state index in [0.717, 1.165) is 56.7 Å². The topological polar surface area (TPSA) is 104 Å². The monoisotopic (exact) mass is 512 g/mol. The zero-order valence-electron chi connectivity index (χ0n) is 22.0. The van der Waals surface area contributed by atoms with Gasteiger partial charge in [0.25, 0.3) is 0 Å². The van der Waals surface area contributed by atoms with Crippen LogP contribution in [0.3, 0.4) is 0 Å². The Labute approximate surface area is 213 Å². The van der Waals surface area contributed by atoms with Crippen LogP contribution in [0, 0.1) is 5.41 Å². The molecule has 1 aromatic heterocycles. The fourth-order valence-corrected chi connectivity index (χ4v) is 4.19. The van der Waals surface area contributed by atoms with Crippen molar-refractivity contribution in [1.82, 2.24) is 15.2 Å². The standard InChI is InChI=1S/C26H42F2N4O4/c1-18(36-4)17-32(14-6-5-9-20-11-10-19-8-7-13-29-23(19)30-20)15-12-21(24(34)35)31-22(33)16-26(2,3)25(27)28/h10-11,18,21,25H,5-9,12-17H2,1-4H3,(H,29,30)(H,31,33)(H,34,35). The maximum atomic E-state index is 13.1. The van der Waals surface area contributed by atoms with E-state index in [0.29, 0.717) is 13.1 Å². The summed E-state index contributed by atoms with van der Waals surface area (Å²) in [6.07, 6.45) is 1.90. The van der Waals surface area contributed by atoms with Crippen molar-refractivity contribution in [2.75, 3.05) is 38.6 Å². The number of carbonyl (C=O) groups excluding carboxylic acids is 1. The maximum absolute atomic E-state index is 13.1. The van der Waals surface area contributed by atoms with Crippen molar-refractivity contribution in [2.45, 2.75) is 84.3 Å². The van der Waals surface area contributed by atoms with Gasteiger partial charge in [0.05, 0.1) is 6.10 Å². The van der Waals surface area contributed by atoms with Gasteiger partial charge >= 0.3 is 5.97 Å². The average Bonchev–Trinajstić information content (AvgIpc) is 2.83. The number of aromatic nitrogens is 1. The van der Waals surface area contributed by atoms with E-state index in [4.69, 9.17) is 9.72 Å². The molecule has 1 amide bonds. The predicted molar refractivity (Wildman–Crippen MR) is 135 cm³/mol. The number of halogens is 2. The SMILES string of the molecule is COC(C)CN(CCCCc1ccc2c(n1)NCCC2)CCC(NC(=O)CC(C)(C)C(F)F)C(=O)O. The number of nitrogens with zero attached hydrogens (tertiary/aromatic N) is 2. The summed E-state index contributed by atoms with van der Waals surface area (Å²) >= 11 is 0. The summed E-state index contributed by atoms with van der Waals surface area (Å²) in [6.45, 7) is 7.28. The van der Waals surface area contributed by atoms with Crippen molar-refractivity contribution in [3.8, 4) is 0 Å². The zero-order valence-corrected chi connectivity index (χ0v) is 22.0. The van der Waals surface area contributed by atoms with Gasteiger partial charge in [0.15, 0.2) is 0 Å². The van der Waals surface area contributed by atoms with Crippen LogP contribution in [0.5, 0.6) is 0 Å². The molecule has 0 spiro atoms. The first-order valence-electron chi connectivity index (χ1n) is 12.8. The number of unbranched alkanes of at least 4 members (excludes halogenated alkanes) is 1. The lowest BCUT2D eigenvalue weighted by atomic mass is 9.89. The van der Waals surface area contributed by atoms with E-state index in [9.17, 15) is 23.5 Å². The predicted octanol–water partition coefficient (Wildman–Crippen LogP) is 3.74. The maximum Gasteiger partial charge on any atom is 0.326 e. The summed E-state index contributed by atoms with van der Waals surface area (Å²) in [5, 5.41) is 15.4. The molecule has 0 radical (unpaired) electrons. The number of rotatable bonds is 16. The minimum Gasteiger partial charge on any atom is -0.480 e. The molecule has 0 fully saturated rings. The third kappa shape index (κ3) is 9.97. The number of pyridine rings is 1. The second-order valence-electron chi connectivity index (χ2n) is 10.4. The lowest BCUT2D eigenvalue weighted by Gasteiger charge is -2.27. The van der Waals surface area contributed by atoms with Crippen LogP contribution >= 0.6 is 0 Å². The van der Waals surface area contributed by atoms with Gasteiger partial charge in [-0.1, -0.05) is 19.9 Å². The Morgan fingerprint density at radius 3 is 2.69 bits per heavy atom. The van der Waals surface area contributed by atoms with Crippen LogP contribution < -0.4 is 10.6 Å². The van der Waals surface area contributed by atoms with Gasteiger partial charge in [0.1, 0.15) is 11.9 Å². The van der Waals surface area contributed by atoms with Crippen LogP contribution in [0.4, 0.5) is 14.6 Å². The number of carbonyl (C=O) groups is 2. The molecular formula is C26H42F2N4O4. The largest absolute Gasteiger partial charge is 0.480 e. The summed E-state index contributed by atoms with van der Waals surface area (Å²) in [5.74, 6) is -0.866. The number of fused-ring (bicyclic) bond motifs is 1. The number of anilines is 1. The molecule has 2 heterocycles. The molecule has 1 aliphatic heterocycles. The molecule has 3 N–H and O–H groups in total. The van der Waals surface area contributed by atoms with Gasteiger partial charge in [-0.05, 0) is 63.6 Å². The number of amides is 1. The highest BCUT2D eigenvalue weighted by molar-refractivity contribution is 5.83. The second kappa shape index (κ2) is 14.4. The first kappa shape index (κ1) is 29.9. The number of methoxy groups -OCH3 is 1. The van der Waals surface area contributed by atoms with E-state index >= 15 is 0 Å². The van der Waals surface area contributed by atoms with E-state index in [1.807, 2.05) is 6.92 Å². The van der Waals surface area contributed by atoms with Gasteiger partial charge in [-0.3, -0.25) is 4.79 Å². The Kier molecular flexibility index (Phi) is 12.0. The number of carboxylic acids is 1. The zero-order chi connectivity index (χ0) is 26.7. The average molecular weight is 513 g/mol. The summed E-state index contributed by atoms with van der Waals surface area (Å²) in [6, 6.07) is 3.10. The molecule has 1 aliphatic rings. The van der Waals surface area contributed by atoms with Crippen molar-refractivity contribution < 1.29 is 28.2 Å². The first-order valence-corrected chi connectivity index (χ1v) is 12.8. The third-order valence-electron chi connectivity index (χ3n) is 6.60. The van der Waals surface area contributed by atoms with Crippen LogP contribution in [0.2, 0.25) is 0 Å². The molecule has 0 saturated carbocycles. The molecule has 0 aromatic carbocycles. The normalized spacial score (nSPS) is 15.3. The molecule has 2 rings (SSSR count). The number of hydrogen-bond acceptors (Lipinski definition) is 6. The first-order chi connectivity index (χ1) is 17.0. The molecule has 1 aromatic rings. The molecule has 0 aliphatic carbocycles. The number of nitrogens with one attached hydrogen (secondary N) is 2. The smallest absolute Gasteiger partial charge is 0.326 e. The molecule has 204 valence electrons. The Balaban J connectivity index is 1.86. The molecular weight excluding hydrogens is 470 g/mol. The summed E-state index contributed by atoms with van der Waals surface area (Å²) in [4.78, 5) is 30.8. The van der Waals surface area contributed by atoms with E-state index in [-0.39, 0.29) is 12.5 Å². The van der Waals surface area contributed by atoms with E-state index in [1.54, 1.807) is 7.11 Å². The van der Waals surface area contributed by atoms with Crippen LogP contribution in [0.25, 0.3) is 0 Å².